The number of ether oxygens (including phenoxy) is 2. The minimum Gasteiger partial charge on any atom is -0.497 e. The summed E-state index contributed by atoms with van der Waals surface area (Å²) in [5.41, 5.74) is 0.0954. The second-order valence-corrected chi connectivity index (χ2v) is 6.09. The monoisotopic (exact) mass is 316 g/mol. The van der Waals surface area contributed by atoms with Crippen LogP contribution >= 0.6 is 0 Å². The molecule has 0 atom stereocenters. The summed E-state index contributed by atoms with van der Waals surface area (Å²) in [5, 5.41) is 12.2. The molecular formula is C18H24N2O3. The lowest BCUT2D eigenvalue weighted by atomic mass is 9.78. The standard InChI is InChI=1S/C18H24N2O3/c1-4-23-18(9-7-13(2)8-10-18)17(21)20-16-6-5-15(22-3)11-14(16)12-19/h5-6,11,13H,4,7-10H2,1-3H3,(H,20,21). The number of hydrogen-bond donors (Lipinski definition) is 1. The normalized spacial score (nSPS) is 23.8. The average molecular weight is 316 g/mol. The van der Waals surface area contributed by atoms with Gasteiger partial charge in [0.1, 0.15) is 17.4 Å². The van der Waals surface area contributed by atoms with Crippen molar-refractivity contribution in [2.45, 2.75) is 45.1 Å². The van der Waals surface area contributed by atoms with E-state index in [-0.39, 0.29) is 5.91 Å². The molecule has 1 aliphatic carbocycles. The molecule has 1 fully saturated rings. The van der Waals surface area contributed by atoms with Gasteiger partial charge < -0.3 is 14.8 Å². The summed E-state index contributed by atoms with van der Waals surface area (Å²) in [4.78, 5) is 12.8. The maximum Gasteiger partial charge on any atom is 0.256 e. The molecule has 1 aromatic rings. The molecule has 1 saturated carbocycles. The van der Waals surface area contributed by atoms with Crippen LogP contribution in [0.15, 0.2) is 18.2 Å². The van der Waals surface area contributed by atoms with E-state index in [2.05, 4.69) is 18.3 Å². The van der Waals surface area contributed by atoms with Crippen molar-refractivity contribution in [2.75, 3.05) is 19.0 Å². The van der Waals surface area contributed by atoms with Gasteiger partial charge in [0.05, 0.1) is 18.4 Å². The molecule has 0 saturated heterocycles. The zero-order valence-corrected chi connectivity index (χ0v) is 14.0. The first-order valence-corrected chi connectivity index (χ1v) is 8.08. The number of rotatable bonds is 5. The smallest absolute Gasteiger partial charge is 0.256 e. The first-order valence-electron chi connectivity index (χ1n) is 8.08. The predicted molar refractivity (Wildman–Crippen MR) is 88.3 cm³/mol. The number of nitrogens with one attached hydrogen (secondary N) is 1. The second-order valence-electron chi connectivity index (χ2n) is 6.09. The molecule has 1 aromatic carbocycles. The van der Waals surface area contributed by atoms with Crippen LogP contribution in [0, 0.1) is 17.2 Å². The van der Waals surface area contributed by atoms with Crippen LogP contribution in [0.3, 0.4) is 0 Å². The lowest BCUT2D eigenvalue weighted by Crippen LogP contribution is -2.48. The SMILES string of the molecule is CCOC1(C(=O)Nc2ccc(OC)cc2C#N)CCC(C)CC1. The van der Waals surface area contributed by atoms with Crippen LogP contribution in [0.5, 0.6) is 5.75 Å². The molecule has 0 heterocycles. The van der Waals surface area contributed by atoms with Crippen LogP contribution in [-0.4, -0.2) is 25.2 Å². The number of carbonyl (C=O) groups is 1. The van der Waals surface area contributed by atoms with Gasteiger partial charge in [-0.2, -0.15) is 5.26 Å². The molecule has 0 spiro atoms. The zero-order chi connectivity index (χ0) is 16.9. The highest BCUT2D eigenvalue weighted by molar-refractivity contribution is 5.98. The van der Waals surface area contributed by atoms with E-state index in [1.807, 2.05) is 6.92 Å². The van der Waals surface area contributed by atoms with Crippen LogP contribution in [0.2, 0.25) is 0 Å². The summed E-state index contributed by atoms with van der Waals surface area (Å²) < 4.78 is 11.0. The van der Waals surface area contributed by atoms with Gasteiger partial charge in [-0.25, -0.2) is 0 Å². The molecule has 5 nitrogen and oxygen atoms in total. The van der Waals surface area contributed by atoms with E-state index in [4.69, 9.17) is 9.47 Å². The minimum atomic E-state index is -0.784. The summed E-state index contributed by atoms with van der Waals surface area (Å²) in [5.74, 6) is 1.05. The van der Waals surface area contributed by atoms with Crippen molar-refractivity contribution in [3.8, 4) is 11.8 Å². The van der Waals surface area contributed by atoms with Gasteiger partial charge in [-0.15, -0.1) is 0 Å². The molecule has 1 amide bonds. The van der Waals surface area contributed by atoms with E-state index in [9.17, 15) is 10.1 Å². The van der Waals surface area contributed by atoms with E-state index in [1.54, 1.807) is 25.3 Å². The quantitative estimate of drug-likeness (QED) is 0.902. The van der Waals surface area contributed by atoms with Crippen LogP contribution < -0.4 is 10.1 Å². The Hall–Kier alpha value is -2.06. The van der Waals surface area contributed by atoms with Crippen molar-refractivity contribution in [1.82, 2.24) is 0 Å². The van der Waals surface area contributed by atoms with Gasteiger partial charge in [0.25, 0.3) is 5.91 Å². The Morgan fingerprint density at radius 3 is 2.70 bits per heavy atom. The highest BCUT2D eigenvalue weighted by atomic mass is 16.5. The lowest BCUT2D eigenvalue weighted by Gasteiger charge is -2.37. The number of hydrogen-bond acceptors (Lipinski definition) is 4. The van der Waals surface area contributed by atoms with Crippen molar-refractivity contribution in [3.05, 3.63) is 23.8 Å². The number of methoxy groups -OCH3 is 1. The van der Waals surface area contributed by atoms with Gasteiger partial charge in [0.2, 0.25) is 0 Å². The predicted octanol–water partition coefficient (Wildman–Crippen LogP) is 3.49. The topological polar surface area (TPSA) is 71.3 Å². The van der Waals surface area contributed by atoms with Gasteiger partial charge in [0, 0.05) is 6.61 Å². The summed E-state index contributed by atoms with van der Waals surface area (Å²) in [6.45, 7) is 4.60. The van der Waals surface area contributed by atoms with Crippen molar-refractivity contribution in [1.29, 1.82) is 5.26 Å². The second kappa shape index (κ2) is 7.47. The van der Waals surface area contributed by atoms with Crippen LogP contribution in [0.1, 0.15) is 45.1 Å². The molecule has 0 bridgehead atoms. The van der Waals surface area contributed by atoms with Crippen molar-refractivity contribution < 1.29 is 14.3 Å². The van der Waals surface area contributed by atoms with E-state index in [1.165, 1.54) is 0 Å². The number of amides is 1. The molecule has 23 heavy (non-hydrogen) atoms. The summed E-state index contributed by atoms with van der Waals surface area (Å²) >= 11 is 0. The van der Waals surface area contributed by atoms with E-state index < -0.39 is 5.60 Å². The van der Waals surface area contributed by atoms with E-state index in [0.717, 1.165) is 12.8 Å². The maximum atomic E-state index is 12.8. The average Bonchev–Trinajstić information content (AvgIpc) is 2.57. The van der Waals surface area contributed by atoms with Gasteiger partial charge in [-0.3, -0.25) is 4.79 Å². The van der Waals surface area contributed by atoms with Gasteiger partial charge in [-0.05, 0) is 56.7 Å². The van der Waals surface area contributed by atoms with Crippen molar-refractivity contribution in [3.63, 3.8) is 0 Å². The third-order valence-electron chi connectivity index (χ3n) is 4.51. The highest BCUT2D eigenvalue weighted by Gasteiger charge is 2.42. The summed E-state index contributed by atoms with van der Waals surface area (Å²) in [6.07, 6.45) is 3.38. The first-order chi connectivity index (χ1) is 11.0. The molecule has 0 unspecified atom stereocenters. The zero-order valence-electron chi connectivity index (χ0n) is 14.0. The minimum absolute atomic E-state index is 0.159. The first kappa shape index (κ1) is 17.3. The third kappa shape index (κ3) is 3.83. The maximum absolute atomic E-state index is 12.8. The molecule has 1 N–H and O–H groups in total. The number of benzene rings is 1. The largest absolute Gasteiger partial charge is 0.497 e. The van der Waals surface area contributed by atoms with E-state index in [0.29, 0.717) is 42.4 Å². The third-order valence-corrected chi connectivity index (χ3v) is 4.51. The molecular weight excluding hydrogens is 292 g/mol. The molecule has 0 radical (unpaired) electrons. The van der Waals surface area contributed by atoms with Crippen LogP contribution in [0.25, 0.3) is 0 Å². The number of nitriles is 1. The number of carbonyl (C=O) groups excluding carboxylic acids is 1. The Kier molecular flexibility index (Phi) is 5.62. The van der Waals surface area contributed by atoms with E-state index >= 15 is 0 Å². The number of anilines is 1. The van der Waals surface area contributed by atoms with Crippen LogP contribution in [-0.2, 0) is 9.53 Å². The molecule has 1 aliphatic rings. The lowest BCUT2D eigenvalue weighted by molar-refractivity contribution is -0.146. The number of nitrogens with zero attached hydrogens (tertiary/aromatic N) is 1. The van der Waals surface area contributed by atoms with Crippen LogP contribution in [0.4, 0.5) is 5.69 Å². The Morgan fingerprint density at radius 1 is 1.43 bits per heavy atom. The molecule has 0 aromatic heterocycles. The molecule has 5 heteroatoms. The van der Waals surface area contributed by atoms with Gasteiger partial charge in [0.15, 0.2) is 0 Å². The Balaban J connectivity index is 2.21. The fraction of sp³-hybridized carbons (Fsp3) is 0.556. The Morgan fingerprint density at radius 2 is 2.13 bits per heavy atom. The summed E-state index contributed by atoms with van der Waals surface area (Å²) in [6, 6.07) is 7.14. The van der Waals surface area contributed by atoms with Crippen molar-refractivity contribution >= 4 is 11.6 Å². The van der Waals surface area contributed by atoms with Crippen molar-refractivity contribution in [2.24, 2.45) is 5.92 Å². The van der Waals surface area contributed by atoms with Gasteiger partial charge in [-0.1, -0.05) is 6.92 Å². The van der Waals surface area contributed by atoms with Gasteiger partial charge >= 0.3 is 0 Å². The fourth-order valence-corrected chi connectivity index (χ4v) is 3.03. The highest BCUT2D eigenvalue weighted by Crippen LogP contribution is 2.36. The molecule has 0 aliphatic heterocycles. The summed E-state index contributed by atoms with van der Waals surface area (Å²) in [7, 11) is 1.54. The fourth-order valence-electron chi connectivity index (χ4n) is 3.03. The Bertz CT molecular complexity index is 599. The molecule has 2 rings (SSSR count). The molecule has 124 valence electrons. The Labute approximate surface area is 137 Å².